The predicted octanol–water partition coefficient (Wildman–Crippen LogP) is 1.34. The van der Waals surface area contributed by atoms with Crippen molar-refractivity contribution in [3.63, 3.8) is 0 Å². The van der Waals surface area contributed by atoms with Gasteiger partial charge in [-0.1, -0.05) is 0 Å². The molecular weight excluding hydrogens is 252 g/mol. The van der Waals surface area contributed by atoms with Gasteiger partial charge < -0.3 is 5.11 Å². The van der Waals surface area contributed by atoms with Crippen molar-refractivity contribution in [3.05, 3.63) is 30.0 Å². The summed E-state index contributed by atoms with van der Waals surface area (Å²) in [4.78, 5) is 4.25. The van der Waals surface area contributed by atoms with Crippen LogP contribution in [0.5, 0.6) is 5.75 Å². The lowest BCUT2D eigenvalue weighted by Crippen LogP contribution is -2.38. The molecule has 0 saturated carbocycles. The van der Waals surface area contributed by atoms with E-state index >= 15 is 0 Å². The highest BCUT2D eigenvalue weighted by molar-refractivity contribution is 7.72. The maximum absolute atomic E-state index is 11.3. The van der Waals surface area contributed by atoms with Crippen LogP contribution < -0.4 is 3.89 Å². The van der Waals surface area contributed by atoms with Gasteiger partial charge in [-0.15, -0.1) is 0 Å². The Morgan fingerprint density at radius 2 is 1.83 bits per heavy atom. The van der Waals surface area contributed by atoms with Crippen molar-refractivity contribution in [2.24, 2.45) is 0 Å². The number of aromatic hydroxyl groups is 1. The zero-order chi connectivity index (χ0) is 13.5. The molecule has 2 rings (SSSR count). The van der Waals surface area contributed by atoms with Crippen LogP contribution in [0.2, 0.25) is 0 Å². The first-order valence-electron chi connectivity index (χ1n) is 5.43. The number of phenols is 1. The smallest absolute Gasteiger partial charge is 0.291 e. The second kappa shape index (κ2) is 4.22. The summed E-state index contributed by atoms with van der Waals surface area (Å²) in [6.45, 7) is 1.82. The van der Waals surface area contributed by atoms with Crippen molar-refractivity contribution in [2.45, 2.75) is 6.92 Å². The molecule has 0 radical (unpaired) electrons. The minimum Gasteiger partial charge on any atom is -0.506 e. The first kappa shape index (κ1) is 12.8. The molecule has 2 aromatic rings. The molecule has 0 bridgehead atoms. The summed E-state index contributed by atoms with van der Waals surface area (Å²) in [6.07, 6.45) is 0. The van der Waals surface area contributed by atoms with Gasteiger partial charge in [0.05, 0.1) is 19.5 Å². The van der Waals surface area contributed by atoms with Crippen molar-refractivity contribution < 1.29 is 13.5 Å². The number of thiol groups is 1. The van der Waals surface area contributed by atoms with Gasteiger partial charge in [-0.05, 0) is 25.1 Å². The number of phenolic OH excluding ortho intramolecular Hbond substituents is 1. The lowest BCUT2D eigenvalue weighted by molar-refractivity contribution is 0.479. The number of aryl methyl sites for hydroxylation is 1. The minimum absolute atomic E-state index is 0.0542. The average Bonchev–Trinajstić information content (AvgIpc) is 2.29. The number of benzene rings is 1. The number of aromatic nitrogens is 1. The molecule has 0 amide bonds. The molecule has 6 heteroatoms. The Balaban J connectivity index is 2.86. The number of quaternary nitrogens is 1. The van der Waals surface area contributed by atoms with E-state index in [0.29, 0.717) is 16.6 Å². The van der Waals surface area contributed by atoms with Crippen LogP contribution in [-0.2, 0) is 10.9 Å². The lowest BCUT2D eigenvalue weighted by atomic mass is 10.1. The molecule has 1 aromatic carbocycles. The number of nitrogens with zero attached hydrogens (tertiary/aromatic N) is 2. The molecule has 1 N–H and O–H groups in total. The van der Waals surface area contributed by atoms with Crippen LogP contribution in [0.1, 0.15) is 5.69 Å². The standard InChI is InChI=1S/C12H14N2O3S/c1-8-4-5-9-10(14(2,3)18(16)17)6-7-11(15)12(9)13-8/h4-7,18H,1-3H3/p+1. The summed E-state index contributed by atoms with van der Waals surface area (Å²) in [5, 5.41) is 10.4. The van der Waals surface area contributed by atoms with E-state index in [0.717, 1.165) is 5.69 Å². The molecule has 5 nitrogen and oxygen atoms in total. The number of pyridine rings is 1. The fourth-order valence-electron chi connectivity index (χ4n) is 1.85. The zero-order valence-corrected chi connectivity index (χ0v) is 11.3. The van der Waals surface area contributed by atoms with Gasteiger partial charge in [-0.25, -0.2) is 4.98 Å². The van der Waals surface area contributed by atoms with E-state index in [1.54, 1.807) is 32.3 Å². The first-order valence-corrected chi connectivity index (χ1v) is 6.56. The van der Waals surface area contributed by atoms with E-state index in [9.17, 15) is 13.5 Å². The Morgan fingerprint density at radius 3 is 2.44 bits per heavy atom. The van der Waals surface area contributed by atoms with Gasteiger partial charge in [0.15, 0.2) is 5.69 Å². The van der Waals surface area contributed by atoms with Gasteiger partial charge in [0.2, 0.25) is 0 Å². The summed E-state index contributed by atoms with van der Waals surface area (Å²) in [6, 6.07) is 6.66. The fourth-order valence-corrected chi connectivity index (χ4v) is 2.20. The SMILES string of the molecule is Cc1ccc2c([N+](C)(C)[SH](=O)=O)ccc(O)c2n1. The monoisotopic (exact) mass is 267 g/mol. The highest BCUT2D eigenvalue weighted by Gasteiger charge is 2.25. The maximum atomic E-state index is 11.3. The van der Waals surface area contributed by atoms with E-state index in [4.69, 9.17) is 0 Å². The third-order valence-corrected chi connectivity index (χ3v) is 3.98. The average molecular weight is 267 g/mol. The zero-order valence-electron chi connectivity index (χ0n) is 10.4. The summed E-state index contributed by atoms with van der Waals surface area (Å²) in [5.41, 5.74) is 1.79. The van der Waals surface area contributed by atoms with Crippen LogP contribution in [0.4, 0.5) is 5.69 Å². The largest absolute Gasteiger partial charge is 0.506 e. The van der Waals surface area contributed by atoms with Crippen LogP contribution in [0.25, 0.3) is 10.9 Å². The van der Waals surface area contributed by atoms with Gasteiger partial charge in [0.25, 0.3) is 10.9 Å². The molecule has 0 spiro atoms. The first-order chi connectivity index (χ1) is 8.34. The number of fused-ring (bicyclic) bond motifs is 1. The van der Waals surface area contributed by atoms with Crippen molar-refractivity contribution in [3.8, 4) is 5.75 Å². The van der Waals surface area contributed by atoms with E-state index in [1.807, 2.05) is 6.92 Å². The topological polar surface area (TPSA) is 67.3 Å². The molecule has 0 unspecified atom stereocenters. The summed E-state index contributed by atoms with van der Waals surface area (Å²) in [7, 11) is 0.479. The van der Waals surface area contributed by atoms with Crippen molar-refractivity contribution in [2.75, 3.05) is 14.1 Å². The summed E-state index contributed by atoms with van der Waals surface area (Å²) in [5.74, 6) is 0.0542. The van der Waals surface area contributed by atoms with Crippen molar-refractivity contribution in [1.82, 2.24) is 8.87 Å². The van der Waals surface area contributed by atoms with Gasteiger partial charge in [-0.3, -0.25) is 0 Å². The van der Waals surface area contributed by atoms with Gasteiger partial charge >= 0.3 is 0 Å². The van der Waals surface area contributed by atoms with Crippen molar-refractivity contribution >= 4 is 27.5 Å². The van der Waals surface area contributed by atoms with Gasteiger partial charge in [0, 0.05) is 11.8 Å². The van der Waals surface area contributed by atoms with E-state index in [-0.39, 0.29) is 9.64 Å². The normalized spacial score (nSPS) is 12.2. The third kappa shape index (κ3) is 1.93. The number of hydrogen-bond donors (Lipinski definition) is 2. The summed E-state index contributed by atoms with van der Waals surface area (Å²) < 4.78 is 22.4. The van der Waals surface area contributed by atoms with Crippen LogP contribution in [0.3, 0.4) is 0 Å². The fraction of sp³-hybridized carbons (Fsp3) is 0.250. The molecular formula is C12H15N2O3S+. The van der Waals surface area contributed by atoms with Crippen LogP contribution in [-0.4, -0.2) is 32.6 Å². The summed E-state index contributed by atoms with van der Waals surface area (Å²) >= 11 is 0. The quantitative estimate of drug-likeness (QED) is 0.636. The van der Waals surface area contributed by atoms with Gasteiger partial charge in [0.1, 0.15) is 11.3 Å². The Hall–Kier alpha value is -1.66. The highest BCUT2D eigenvalue weighted by atomic mass is 32.2. The second-order valence-electron chi connectivity index (χ2n) is 4.58. The minimum atomic E-state index is -2.68. The van der Waals surface area contributed by atoms with Gasteiger partial charge in [-0.2, -0.15) is 12.3 Å². The third-order valence-electron chi connectivity index (χ3n) is 2.95. The molecule has 1 heterocycles. The molecule has 96 valence electrons. The van der Waals surface area contributed by atoms with Crippen LogP contribution >= 0.6 is 0 Å². The van der Waals surface area contributed by atoms with Crippen LogP contribution in [0, 0.1) is 6.92 Å². The molecule has 18 heavy (non-hydrogen) atoms. The van der Waals surface area contributed by atoms with Crippen molar-refractivity contribution in [1.29, 1.82) is 0 Å². The van der Waals surface area contributed by atoms with E-state index < -0.39 is 10.9 Å². The Labute approximate surface area is 107 Å². The molecule has 0 atom stereocenters. The number of hydrogen-bond acceptors (Lipinski definition) is 4. The van der Waals surface area contributed by atoms with E-state index in [1.165, 1.54) is 6.07 Å². The molecule has 0 aliphatic carbocycles. The molecule has 0 fully saturated rings. The number of rotatable bonds is 2. The molecule has 1 aromatic heterocycles. The molecule has 0 aliphatic heterocycles. The van der Waals surface area contributed by atoms with E-state index in [2.05, 4.69) is 4.98 Å². The Bertz CT molecular complexity index is 685. The lowest BCUT2D eigenvalue weighted by Gasteiger charge is -2.22. The Morgan fingerprint density at radius 1 is 1.17 bits per heavy atom. The Kier molecular flexibility index (Phi) is 3.00. The van der Waals surface area contributed by atoms with Crippen LogP contribution in [0.15, 0.2) is 24.3 Å². The molecule has 0 saturated heterocycles. The predicted molar refractivity (Wildman–Crippen MR) is 72.1 cm³/mol. The second-order valence-corrected chi connectivity index (χ2v) is 6.06. The molecule has 0 aliphatic rings. The highest BCUT2D eigenvalue weighted by Crippen LogP contribution is 2.34. The maximum Gasteiger partial charge on any atom is 0.291 e.